The molecule has 4 heterocycles. The van der Waals surface area contributed by atoms with Crippen LogP contribution in [0.15, 0.2) is 28.9 Å². The number of nitrogens with zero attached hydrogens (tertiary/aromatic N) is 3. The Balaban J connectivity index is 1.16. The van der Waals surface area contributed by atoms with Crippen LogP contribution in [0.4, 0.5) is 0 Å². The van der Waals surface area contributed by atoms with Crippen LogP contribution in [0.25, 0.3) is 6.08 Å². The molecule has 3 saturated heterocycles. The number of carbonyl (C=O) groups is 1. The Hall–Kier alpha value is -1.63. The summed E-state index contributed by atoms with van der Waals surface area (Å²) in [5.41, 5.74) is 0. The zero-order valence-corrected chi connectivity index (χ0v) is 16.8. The molecule has 0 atom stereocenters. The number of piperidine rings is 2. The van der Waals surface area contributed by atoms with Gasteiger partial charge < -0.3 is 19.0 Å². The summed E-state index contributed by atoms with van der Waals surface area (Å²) in [4.78, 5) is 19.9. The van der Waals surface area contributed by atoms with E-state index in [-0.39, 0.29) is 5.92 Å². The molecule has 3 aliphatic heterocycles. The van der Waals surface area contributed by atoms with Crippen molar-refractivity contribution in [1.82, 2.24) is 14.7 Å². The third-order valence-corrected chi connectivity index (χ3v) is 6.46. The Morgan fingerprint density at radius 1 is 1.04 bits per heavy atom. The van der Waals surface area contributed by atoms with E-state index < -0.39 is 0 Å². The van der Waals surface area contributed by atoms with Gasteiger partial charge in [-0.2, -0.15) is 0 Å². The van der Waals surface area contributed by atoms with E-state index in [0.29, 0.717) is 25.2 Å². The van der Waals surface area contributed by atoms with Crippen molar-refractivity contribution in [3.8, 4) is 0 Å². The van der Waals surface area contributed by atoms with E-state index in [9.17, 15) is 4.79 Å². The summed E-state index contributed by atoms with van der Waals surface area (Å²) < 4.78 is 10.7. The van der Waals surface area contributed by atoms with Crippen molar-refractivity contribution in [2.45, 2.75) is 31.7 Å². The molecule has 0 N–H and O–H groups in total. The summed E-state index contributed by atoms with van der Waals surface area (Å²) in [5, 5.41) is 0. The highest BCUT2D eigenvalue weighted by Gasteiger charge is 2.32. The number of carbonyl (C=O) groups excluding carboxylic acids is 1. The van der Waals surface area contributed by atoms with Gasteiger partial charge in [0.15, 0.2) is 0 Å². The normalized spacial score (nSPS) is 24.2. The van der Waals surface area contributed by atoms with Gasteiger partial charge in [-0.25, -0.2) is 0 Å². The second-order valence-corrected chi connectivity index (χ2v) is 8.20. The molecular weight excluding hydrogens is 354 g/mol. The first-order chi connectivity index (χ1) is 13.8. The molecule has 28 heavy (non-hydrogen) atoms. The molecule has 0 spiro atoms. The maximum Gasteiger partial charge on any atom is 0.225 e. The van der Waals surface area contributed by atoms with Crippen LogP contribution in [0, 0.1) is 5.92 Å². The fourth-order valence-corrected chi connectivity index (χ4v) is 4.72. The largest absolute Gasteiger partial charge is 0.465 e. The van der Waals surface area contributed by atoms with Gasteiger partial charge in [-0.15, -0.1) is 0 Å². The highest BCUT2D eigenvalue weighted by molar-refractivity contribution is 5.79. The molecule has 154 valence electrons. The van der Waals surface area contributed by atoms with E-state index in [4.69, 9.17) is 9.15 Å². The van der Waals surface area contributed by atoms with Gasteiger partial charge >= 0.3 is 0 Å². The number of rotatable bonds is 5. The Morgan fingerprint density at radius 2 is 1.79 bits per heavy atom. The van der Waals surface area contributed by atoms with Crippen molar-refractivity contribution in [2.75, 3.05) is 59.0 Å². The average Bonchev–Trinajstić information content (AvgIpc) is 3.28. The molecule has 0 bridgehead atoms. The maximum atomic E-state index is 12.7. The molecule has 0 saturated carbocycles. The number of morpholine rings is 1. The quantitative estimate of drug-likeness (QED) is 0.776. The second-order valence-electron chi connectivity index (χ2n) is 8.20. The predicted molar refractivity (Wildman–Crippen MR) is 109 cm³/mol. The lowest BCUT2D eigenvalue weighted by Gasteiger charge is -2.42. The highest BCUT2D eigenvalue weighted by atomic mass is 16.5. The Kier molecular flexibility index (Phi) is 6.83. The van der Waals surface area contributed by atoms with Gasteiger partial charge in [-0.1, -0.05) is 6.08 Å². The van der Waals surface area contributed by atoms with E-state index in [1.807, 2.05) is 17.0 Å². The molecule has 3 fully saturated rings. The predicted octanol–water partition coefficient (Wildman–Crippen LogP) is 2.33. The summed E-state index contributed by atoms with van der Waals surface area (Å²) in [6.07, 6.45) is 10.5. The molecule has 6 nitrogen and oxygen atoms in total. The van der Waals surface area contributed by atoms with Gasteiger partial charge in [0.25, 0.3) is 0 Å². The van der Waals surface area contributed by atoms with E-state index in [0.717, 1.165) is 64.4 Å². The maximum absolute atomic E-state index is 12.7. The highest BCUT2D eigenvalue weighted by Crippen LogP contribution is 2.25. The second kappa shape index (κ2) is 9.72. The summed E-state index contributed by atoms with van der Waals surface area (Å²) in [7, 11) is 0. The van der Waals surface area contributed by atoms with Crippen LogP contribution in [0.1, 0.15) is 31.4 Å². The first-order valence-electron chi connectivity index (χ1n) is 10.8. The lowest BCUT2D eigenvalue weighted by molar-refractivity contribution is -0.141. The number of ether oxygens (including phenoxy) is 1. The first-order valence-corrected chi connectivity index (χ1v) is 10.8. The van der Waals surface area contributed by atoms with E-state index >= 15 is 0 Å². The van der Waals surface area contributed by atoms with Gasteiger partial charge in [0.1, 0.15) is 5.76 Å². The van der Waals surface area contributed by atoms with Crippen LogP contribution < -0.4 is 0 Å². The Labute approximate surface area is 168 Å². The molecule has 3 aliphatic rings. The number of hydrogen-bond donors (Lipinski definition) is 0. The standard InChI is InChI=1S/C22H33N3O3/c26-22(25-14-17-27-18-15-25)19-5-12-24(13-6-19)20-7-10-23(11-8-20)9-1-3-21-4-2-16-28-21/h1-4,16,19-20H,5-15,17-18H2/b3-1+. The molecule has 0 unspecified atom stereocenters. The Bertz CT molecular complexity index is 623. The molecule has 1 amide bonds. The van der Waals surface area contributed by atoms with Gasteiger partial charge in [0, 0.05) is 31.6 Å². The monoisotopic (exact) mass is 387 g/mol. The molecule has 6 heteroatoms. The summed E-state index contributed by atoms with van der Waals surface area (Å²) in [6.45, 7) is 8.37. The molecule has 0 radical (unpaired) electrons. The van der Waals surface area contributed by atoms with Crippen molar-refractivity contribution in [3.05, 3.63) is 30.2 Å². The molecule has 4 rings (SSSR count). The minimum absolute atomic E-state index is 0.223. The fraction of sp³-hybridized carbons (Fsp3) is 0.682. The first kappa shape index (κ1) is 19.7. The molecular formula is C22H33N3O3. The van der Waals surface area contributed by atoms with Crippen molar-refractivity contribution < 1.29 is 13.9 Å². The topological polar surface area (TPSA) is 49.2 Å². The van der Waals surface area contributed by atoms with Gasteiger partial charge in [0.05, 0.1) is 19.5 Å². The number of hydrogen-bond acceptors (Lipinski definition) is 5. The van der Waals surface area contributed by atoms with Crippen LogP contribution in [0.3, 0.4) is 0 Å². The third-order valence-electron chi connectivity index (χ3n) is 6.46. The summed E-state index contributed by atoms with van der Waals surface area (Å²) in [5.74, 6) is 1.51. The lowest BCUT2D eigenvalue weighted by atomic mass is 9.92. The minimum atomic E-state index is 0.223. The number of amides is 1. The van der Waals surface area contributed by atoms with Crippen molar-refractivity contribution in [3.63, 3.8) is 0 Å². The van der Waals surface area contributed by atoms with Crippen LogP contribution in [-0.4, -0.2) is 85.7 Å². The fourth-order valence-electron chi connectivity index (χ4n) is 4.72. The van der Waals surface area contributed by atoms with Crippen molar-refractivity contribution >= 4 is 12.0 Å². The van der Waals surface area contributed by atoms with Crippen LogP contribution >= 0.6 is 0 Å². The van der Waals surface area contributed by atoms with E-state index in [1.54, 1.807) is 6.26 Å². The third kappa shape index (κ3) is 5.04. The molecule has 0 aromatic carbocycles. The summed E-state index contributed by atoms with van der Waals surface area (Å²) in [6, 6.07) is 4.59. The van der Waals surface area contributed by atoms with Crippen molar-refractivity contribution in [1.29, 1.82) is 0 Å². The van der Waals surface area contributed by atoms with Crippen LogP contribution in [-0.2, 0) is 9.53 Å². The zero-order valence-electron chi connectivity index (χ0n) is 16.8. The Morgan fingerprint density at radius 3 is 2.46 bits per heavy atom. The smallest absolute Gasteiger partial charge is 0.225 e. The zero-order chi connectivity index (χ0) is 19.2. The van der Waals surface area contributed by atoms with E-state index in [2.05, 4.69) is 22.0 Å². The number of furan rings is 1. The summed E-state index contributed by atoms with van der Waals surface area (Å²) >= 11 is 0. The van der Waals surface area contributed by atoms with E-state index in [1.165, 1.54) is 12.8 Å². The van der Waals surface area contributed by atoms with Crippen LogP contribution in [0.5, 0.6) is 0 Å². The van der Waals surface area contributed by atoms with Crippen molar-refractivity contribution in [2.24, 2.45) is 5.92 Å². The molecule has 0 aliphatic carbocycles. The number of likely N-dealkylation sites (tertiary alicyclic amines) is 2. The SMILES string of the molecule is O=C(C1CCN(C2CCN(C/C=C/c3ccco3)CC2)CC1)N1CCOCC1. The van der Waals surface area contributed by atoms with Gasteiger partial charge in [-0.05, 0) is 70.1 Å². The molecule has 1 aromatic rings. The van der Waals surface area contributed by atoms with Crippen LogP contribution in [0.2, 0.25) is 0 Å². The lowest BCUT2D eigenvalue weighted by Crippen LogP contribution is -2.50. The average molecular weight is 388 g/mol. The molecule has 1 aromatic heterocycles. The minimum Gasteiger partial charge on any atom is -0.465 e. The van der Waals surface area contributed by atoms with Gasteiger partial charge in [-0.3, -0.25) is 9.69 Å². The van der Waals surface area contributed by atoms with Gasteiger partial charge in [0.2, 0.25) is 5.91 Å².